The van der Waals surface area contributed by atoms with E-state index in [4.69, 9.17) is 10.6 Å². The van der Waals surface area contributed by atoms with Crippen LogP contribution in [0.4, 0.5) is 4.79 Å². The largest absolute Gasteiger partial charge is 0.504 e. The molecule has 22 heavy (non-hydrogen) atoms. The van der Waals surface area contributed by atoms with Crippen LogP contribution >= 0.6 is 0 Å². The number of aromatic hydroxyl groups is 1. The third kappa shape index (κ3) is 2.75. The van der Waals surface area contributed by atoms with Gasteiger partial charge in [-0.2, -0.15) is 0 Å². The number of phenols is 1. The molecule has 1 aromatic rings. The minimum Gasteiger partial charge on any atom is -0.504 e. The van der Waals surface area contributed by atoms with Crippen LogP contribution in [0.3, 0.4) is 0 Å². The number of Topliss-reactive ketones (excluding diaryl/α,β-unsaturated/α-hetero) is 1. The zero-order chi connectivity index (χ0) is 16.4. The maximum absolute atomic E-state index is 12.0. The van der Waals surface area contributed by atoms with Crippen LogP contribution in [0.15, 0.2) is 29.5 Å². The summed E-state index contributed by atoms with van der Waals surface area (Å²) in [6.45, 7) is 5.22. The van der Waals surface area contributed by atoms with Crippen molar-refractivity contribution in [3.63, 3.8) is 0 Å². The number of hydrogen-bond acceptors (Lipinski definition) is 5. The van der Waals surface area contributed by atoms with Gasteiger partial charge in [-0.1, -0.05) is 6.07 Å². The SMILES string of the molecule is CCOc1cc([C@@H]2NC(=O)N(N)C(C)=C2C(C)=O)ccc1O. The van der Waals surface area contributed by atoms with E-state index in [1.165, 1.54) is 13.0 Å². The highest BCUT2D eigenvalue weighted by atomic mass is 16.5. The summed E-state index contributed by atoms with van der Waals surface area (Å²) >= 11 is 0. The topological polar surface area (TPSA) is 105 Å². The smallest absolute Gasteiger partial charge is 0.336 e. The number of nitrogens with one attached hydrogen (secondary N) is 1. The van der Waals surface area contributed by atoms with Gasteiger partial charge < -0.3 is 15.2 Å². The molecule has 118 valence electrons. The van der Waals surface area contributed by atoms with Crippen molar-refractivity contribution in [2.45, 2.75) is 26.8 Å². The highest BCUT2D eigenvalue weighted by Gasteiger charge is 2.33. The first-order valence-corrected chi connectivity index (χ1v) is 6.89. The lowest BCUT2D eigenvalue weighted by atomic mass is 9.92. The molecule has 1 aromatic carbocycles. The van der Waals surface area contributed by atoms with Gasteiger partial charge >= 0.3 is 6.03 Å². The minimum atomic E-state index is -0.635. The molecule has 0 unspecified atom stereocenters. The summed E-state index contributed by atoms with van der Waals surface area (Å²) in [5, 5.41) is 13.4. The zero-order valence-corrected chi connectivity index (χ0v) is 12.7. The number of urea groups is 1. The first-order chi connectivity index (χ1) is 10.4. The number of hydrogen-bond donors (Lipinski definition) is 3. The third-order valence-corrected chi connectivity index (χ3v) is 3.52. The summed E-state index contributed by atoms with van der Waals surface area (Å²) in [4.78, 5) is 23.8. The number of carbonyl (C=O) groups is 2. The lowest BCUT2D eigenvalue weighted by molar-refractivity contribution is -0.114. The number of phenolic OH excluding ortho intramolecular Hbond substituents is 1. The second kappa shape index (κ2) is 6.07. The fraction of sp³-hybridized carbons (Fsp3) is 0.333. The number of benzene rings is 1. The maximum atomic E-state index is 12.0. The van der Waals surface area contributed by atoms with Gasteiger partial charge in [-0.25, -0.2) is 15.6 Å². The molecule has 1 aliphatic rings. The molecule has 2 amide bonds. The summed E-state index contributed by atoms with van der Waals surface area (Å²) in [5.41, 5.74) is 1.43. The van der Waals surface area contributed by atoms with Gasteiger partial charge in [0, 0.05) is 11.3 Å². The summed E-state index contributed by atoms with van der Waals surface area (Å²) in [6.07, 6.45) is 0. The van der Waals surface area contributed by atoms with Crippen molar-refractivity contribution in [1.29, 1.82) is 0 Å². The van der Waals surface area contributed by atoms with Gasteiger partial charge in [0.05, 0.1) is 12.6 Å². The molecule has 0 bridgehead atoms. The van der Waals surface area contributed by atoms with E-state index in [2.05, 4.69) is 5.32 Å². The summed E-state index contributed by atoms with van der Waals surface area (Å²) in [5.74, 6) is 5.74. The molecule has 7 nitrogen and oxygen atoms in total. The fourth-order valence-electron chi connectivity index (χ4n) is 2.45. The average Bonchev–Trinajstić information content (AvgIpc) is 2.46. The van der Waals surface area contributed by atoms with Crippen LogP contribution in [-0.2, 0) is 4.79 Å². The van der Waals surface area contributed by atoms with Crippen molar-refractivity contribution >= 4 is 11.8 Å². The van der Waals surface area contributed by atoms with E-state index >= 15 is 0 Å². The summed E-state index contributed by atoms with van der Waals surface area (Å²) in [7, 11) is 0. The Kier molecular flexibility index (Phi) is 4.37. The van der Waals surface area contributed by atoms with Crippen molar-refractivity contribution in [1.82, 2.24) is 10.3 Å². The number of ketones is 1. The number of ether oxygens (including phenoxy) is 1. The molecular formula is C15H19N3O4. The van der Waals surface area contributed by atoms with Gasteiger partial charge in [-0.3, -0.25) is 4.79 Å². The molecule has 0 saturated heterocycles. The van der Waals surface area contributed by atoms with Crippen LogP contribution in [0.5, 0.6) is 11.5 Å². The summed E-state index contributed by atoms with van der Waals surface area (Å²) < 4.78 is 5.34. The number of rotatable bonds is 4. The molecule has 0 spiro atoms. The second-order valence-corrected chi connectivity index (χ2v) is 4.97. The Balaban J connectivity index is 2.52. The monoisotopic (exact) mass is 305 g/mol. The Bertz CT molecular complexity index is 654. The molecule has 0 aromatic heterocycles. The standard InChI is InChI=1S/C15H19N3O4/c1-4-22-12-7-10(5-6-11(12)20)14-13(9(3)19)8(2)18(16)15(21)17-14/h5-7,14,20H,4,16H2,1-3H3,(H,17,21)/t14-/m0/s1. The number of amides is 2. The number of nitrogens with two attached hydrogens (primary N) is 1. The first-order valence-electron chi connectivity index (χ1n) is 6.89. The van der Waals surface area contributed by atoms with E-state index in [1.807, 2.05) is 0 Å². The van der Waals surface area contributed by atoms with E-state index in [0.717, 1.165) is 5.01 Å². The number of nitrogens with zero attached hydrogens (tertiary/aromatic N) is 1. The van der Waals surface area contributed by atoms with Crippen LogP contribution in [0.2, 0.25) is 0 Å². The second-order valence-electron chi connectivity index (χ2n) is 4.97. The third-order valence-electron chi connectivity index (χ3n) is 3.52. The number of hydrazine groups is 1. The molecule has 1 aliphatic heterocycles. The van der Waals surface area contributed by atoms with Crippen LogP contribution < -0.4 is 15.9 Å². The number of carbonyl (C=O) groups excluding carboxylic acids is 2. The molecule has 0 saturated carbocycles. The van der Waals surface area contributed by atoms with Gasteiger partial charge in [-0.05, 0) is 38.5 Å². The van der Waals surface area contributed by atoms with Crippen LogP contribution in [0.1, 0.15) is 32.4 Å². The van der Waals surface area contributed by atoms with E-state index in [0.29, 0.717) is 29.2 Å². The molecule has 2 rings (SSSR count). The predicted molar refractivity (Wildman–Crippen MR) is 80.0 cm³/mol. The average molecular weight is 305 g/mol. The molecule has 0 fully saturated rings. The van der Waals surface area contributed by atoms with Crippen LogP contribution in [0, 0.1) is 0 Å². The van der Waals surface area contributed by atoms with Crippen LogP contribution in [0.25, 0.3) is 0 Å². The quantitative estimate of drug-likeness (QED) is 0.579. The van der Waals surface area contributed by atoms with Gasteiger partial charge in [0.25, 0.3) is 0 Å². The molecule has 0 aliphatic carbocycles. The van der Waals surface area contributed by atoms with Gasteiger partial charge in [0.15, 0.2) is 17.3 Å². The van der Waals surface area contributed by atoms with E-state index in [1.54, 1.807) is 26.0 Å². The molecular weight excluding hydrogens is 286 g/mol. The summed E-state index contributed by atoms with van der Waals surface area (Å²) in [6, 6.07) is 3.56. The number of allylic oxidation sites excluding steroid dienone is 1. The van der Waals surface area contributed by atoms with Gasteiger partial charge in [-0.15, -0.1) is 0 Å². The molecule has 0 radical (unpaired) electrons. The Morgan fingerprint density at radius 2 is 2.18 bits per heavy atom. The lowest BCUT2D eigenvalue weighted by Crippen LogP contribution is -2.50. The Labute approximate surface area is 128 Å². The van der Waals surface area contributed by atoms with E-state index in [9.17, 15) is 14.7 Å². The van der Waals surface area contributed by atoms with Crippen molar-refractivity contribution in [2.24, 2.45) is 5.84 Å². The van der Waals surface area contributed by atoms with Crippen molar-refractivity contribution in [2.75, 3.05) is 6.61 Å². The fourth-order valence-corrected chi connectivity index (χ4v) is 2.45. The van der Waals surface area contributed by atoms with Crippen LogP contribution in [-0.4, -0.2) is 28.5 Å². The van der Waals surface area contributed by atoms with Gasteiger partial charge in [0.1, 0.15) is 0 Å². The zero-order valence-electron chi connectivity index (χ0n) is 12.7. The lowest BCUT2D eigenvalue weighted by Gasteiger charge is -2.32. The van der Waals surface area contributed by atoms with Gasteiger partial charge in [0.2, 0.25) is 0 Å². The molecule has 4 N–H and O–H groups in total. The Morgan fingerprint density at radius 3 is 2.77 bits per heavy atom. The highest BCUT2D eigenvalue weighted by Crippen LogP contribution is 2.34. The molecule has 7 heteroatoms. The normalized spacial score (nSPS) is 18.3. The maximum Gasteiger partial charge on any atom is 0.336 e. The first kappa shape index (κ1) is 15.8. The van der Waals surface area contributed by atoms with Crippen molar-refractivity contribution in [3.8, 4) is 11.5 Å². The Hall–Kier alpha value is -2.54. The van der Waals surface area contributed by atoms with Crippen molar-refractivity contribution < 1.29 is 19.4 Å². The van der Waals surface area contributed by atoms with E-state index < -0.39 is 12.1 Å². The molecule has 1 atom stereocenters. The highest BCUT2D eigenvalue weighted by molar-refractivity contribution is 5.98. The minimum absolute atomic E-state index is 0.00161. The van der Waals surface area contributed by atoms with E-state index in [-0.39, 0.29) is 11.5 Å². The molecule has 1 heterocycles. The van der Waals surface area contributed by atoms with Crippen molar-refractivity contribution in [3.05, 3.63) is 35.0 Å². The Morgan fingerprint density at radius 1 is 1.50 bits per heavy atom. The predicted octanol–water partition coefficient (Wildman–Crippen LogP) is 1.59.